The van der Waals surface area contributed by atoms with Gasteiger partial charge in [0, 0.05) is 23.0 Å². The van der Waals surface area contributed by atoms with Crippen molar-refractivity contribution in [3.05, 3.63) is 23.8 Å². The number of hydrogen-bond acceptors (Lipinski definition) is 6. The first kappa shape index (κ1) is 19.1. The lowest BCUT2D eigenvalue weighted by Crippen LogP contribution is -2.51. The van der Waals surface area contributed by atoms with Gasteiger partial charge in [-0.05, 0) is 32.1 Å². The number of ether oxygens (including phenoxy) is 2. The molecule has 0 unspecified atom stereocenters. The molecule has 144 valence electrons. The van der Waals surface area contributed by atoms with Crippen molar-refractivity contribution < 1.29 is 29.3 Å². The Morgan fingerprint density at radius 1 is 1.38 bits per heavy atom. The summed E-state index contributed by atoms with van der Waals surface area (Å²) >= 11 is 0. The van der Waals surface area contributed by atoms with Crippen molar-refractivity contribution in [2.24, 2.45) is 23.2 Å². The molecule has 0 aromatic carbocycles. The molecule has 2 aliphatic carbocycles. The van der Waals surface area contributed by atoms with Crippen molar-refractivity contribution in [1.29, 1.82) is 0 Å². The summed E-state index contributed by atoms with van der Waals surface area (Å²) in [6.07, 6.45) is -0.389. The monoisotopic (exact) mass is 364 g/mol. The van der Waals surface area contributed by atoms with Crippen LogP contribution in [0.1, 0.15) is 40.5 Å². The number of carbonyl (C=O) groups excluding carboxylic acids is 2. The number of rotatable bonds is 2. The molecule has 1 saturated heterocycles. The third-order valence-electron chi connectivity index (χ3n) is 6.78. The number of esters is 2. The minimum atomic E-state index is -0.890. The molecule has 6 heteroatoms. The fraction of sp³-hybridized carbons (Fsp3) is 0.700. The SMILES string of the molecule is C=C1C(=O)O[C@H]2C[C@@H](C)[C@@H]3[C@@H](O)C[C@@H](O)[C@@]3(C)[C@@H](OC(=O)/C(C)=C\C)[C@H]12. The lowest BCUT2D eigenvalue weighted by Gasteiger charge is -2.43. The molecule has 3 fully saturated rings. The Morgan fingerprint density at radius 3 is 2.65 bits per heavy atom. The van der Waals surface area contributed by atoms with Gasteiger partial charge in [-0.1, -0.05) is 26.5 Å². The van der Waals surface area contributed by atoms with E-state index in [1.165, 1.54) is 0 Å². The maximum absolute atomic E-state index is 12.5. The fourth-order valence-corrected chi connectivity index (χ4v) is 5.28. The molecule has 0 spiro atoms. The highest BCUT2D eigenvalue weighted by Gasteiger charge is 2.65. The molecule has 3 rings (SSSR count). The summed E-state index contributed by atoms with van der Waals surface area (Å²) in [5.74, 6) is -1.77. The van der Waals surface area contributed by atoms with Crippen molar-refractivity contribution in [1.82, 2.24) is 0 Å². The molecule has 1 aliphatic heterocycles. The van der Waals surface area contributed by atoms with Gasteiger partial charge >= 0.3 is 11.9 Å². The van der Waals surface area contributed by atoms with Gasteiger partial charge in [0.1, 0.15) is 12.2 Å². The number of aliphatic hydroxyl groups is 2. The summed E-state index contributed by atoms with van der Waals surface area (Å²) in [5, 5.41) is 21.4. The molecule has 2 saturated carbocycles. The first-order valence-corrected chi connectivity index (χ1v) is 9.22. The molecule has 0 aromatic heterocycles. The van der Waals surface area contributed by atoms with Gasteiger partial charge in [0.2, 0.25) is 0 Å². The molecule has 2 N–H and O–H groups in total. The highest BCUT2D eigenvalue weighted by atomic mass is 16.6. The van der Waals surface area contributed by atoms with E-state index >= 15 is 0 Å². The van der Waals surface area contributed by atoms with Gasteiger partial charge in [-0.2, -0.15) is 0 Å². The van der Waals surface area contributed by atoms with E-state index in [4.69, 9.17) is 9.47 Å². The third-order valence-corrected chi connectivity index (χ3v) is 6.78. The van der Waals surface area contributed by atoms with Crippen molar-refractivity contribution in [3.8, 4) is 0 Å². The van der Waals surface area contributed by atoms with Crippen LogP contribution in [-0.2, 0) is 19.1 Å². The minimum Gasteiger partial charge on any atom is -0.458 e. The first-order valence-electron chi connectivity index (χ1n) is 9.22. The second-order valence-electron chi connectivity index (χ2n) is 8.22. The van der Waals surface area contributed by atoms with Crippen molar-refractivity contribution in [2.75, 3.05) is 0 Å². The van der Waals surface area contributed by atoms with E-state index in [0.29, 0.717) is 12.0 Å². The smallest absolute Gasteiger partial charge is 0.334 e. The van der Waals surface area contributed by atoms with E-state index in [9.17, 15) is 19.8 Å². The first-order chi connectivity index (χ1) is 12.1. The van der Waals surface area contributed by atoms with Crippen LogP contribution in [0.2, 0.25) is 0 Å². The molecule has 0 bridgehead atoms. The van der Waals surface area contributed by atoms with Crippen LogP contribution in [0.25, 0.3) is 0 Å². The maximum Gasteiger partial charge on any atom is 0.334 e. The normalized spacial score (nSPS) is 45.6. The average molecular weight is 364 g/mol. The topological polar surface area (TPSA) is 93.1 Å². The van der Waals surface area contributed by atoms with E-state index in [1.54, 1.807) is 19.9 Å². The molecule has 0 radical (unpaired) electrons. The number of allylic oxidation sites excluding steroid dienone is 1. The lowest BCUT2D eigenvalue weighted by molar-refractivity contribution is -0.166. The molecule has 8 atom stereocenters. The van der Waals surface area contributed by atoms with E-state index in [-0.39, 0.29) is 23.8 Å². The molecule has 26 heavy (non-hydrogen) atoms. The molecular formula is C20H28O6. The van der Waals surface area contributed by atoms with Gasteiger partial charge in [0.05, 0.1) is 18.1 Å². The molecule has 1 heterocycles. The highest BCUT2D eigenvalue weighted by Crippen LogP contribution is 2.58. The molecule has 6 nitrogen and oxygen atoms in total. The van der Waals surface area contributed by atoms with E-state index in [0.717, 1.165) is 0 Å². The van der Waals surface area contributed by atoms with Crippen molar-refractivity contribution >= 4 is 11.9 Å². The second kappa shape index (κ2) is 6.50. The number of fused-ring (bicyclic) bond motifs is 2. The Balaban J connectivity index is 2.10. The predicted octanol–water partition coefficient (Wildman–Crippen LogP) is 1.75. The second-order valence-corrected chi connectivity index (χ2v) is 8.22. The maximum atomic E-state index is 12.5. The zero-order chi connectivity index (χ0) is 19.4. The van der Waals surface area contributed by atoms with Crippen LogP contribution in [0, 0.1) is 23.2 Å². The van der Waals surface area contributed by atoms with Crippen LogP contribution in [-0.4, -0.2) is 46.6 Å². The summed E-state index contributed by atoms with van der Waals surface area (Å²) in [4.78, 5) is 24.7. The van der Waals surface area contributed by atoms with Crippen LogP contribution in [0.3, 0.4) is 0 Å². The van der Waals surface area contributed by atoms with Crippen LogP contribution in [0.4, 0.5) is 0 Å². The predicted molar refractivity (Wildman–Crippen MR) is 93.8 cm³/mol. The van der Waals surface area contributed by atoms with Crippen molar-refractivity contribution in [3.63, 3.8) is 0 Å². The largest absolute Gasteiger partial charge is 0.458 e. The quantitative estimate of drug-likeness (QED) is 0.573. The zero-order valence-corrected chi connectivity index (χ0v) is 15.8. The minimum absolute atomic E-state index is 0.00938. The average Bonchev–Trinajstić information content (AvgIpc) is 2.94. The number of hydrogen-bond donors (Lipinski definition) is 2. The zero-order valence-electron chi connectivity index (χ0n) is 15.8. The highest BCUT2D eigenvalue weighted by molar-refractivity contribution is 5.91. The Kier molecular flexibility index (Phi) is 4.78. The summed E-state index contributed by atoms with van der Waals surface area (Å²) in [6, 6.07) is 0. The standard InChI is InChI=1S/C20H28O6/c1-6-9(2)18(23)26-17-15-11(4)19(24)25-13(15)7-10(3)16-12(21)8-14(22)20(16,17)5/h6,10,12-17,21-22H,4,7-8H2,1-3,5H3/b9-6-/t10-,12+,13+,14-,15-,16-,17+,20-/m1/s1. The summed E-state index contributed by atoms with van der Waals surface area (Å²) < 4.78 is 11.4. The van der Waals surface area contributed by atoms with Gasteiger partial charge in [0.15, 0.2) is 0 Å². The molecule has 0 aromatic rings. The third kappa shape index (κ3) is 2.62. The van der Waals surface area contributed by atoms with Gasteiger partial charge < -0.3 is 19.7 Å². The number of carbonyl (C=O) groups is 2. The van der Waals surface area contributed by atoms with Crippen LogP contribution < -0.4 is 0 Å². The van der Waals surface area contributed by atoms with Gasteiger partial charge in [-0.3, -0.25) is 0 Å². The van der Waals surface area contributed by atoms with Gasteiger partial charge in [-0.15, -0.1) is 0 Å². The summed E-state index contributed by atoms with van der Waals surface area (Å²) in [6.45, 7) is 11.1. The van der Waals surface area contributed by atoms with Crippen LogP contribution in [0.15, 0.2) is 23.8 Å². The van der Waals surface area contributed by atoms with Crippen molar-refractivity contribution in [2.45, 2.75) is 65.0 Å². The van der Waals surface area contributed by atoms with E-state index in [2.05, 4.69) is 6.58 Å². The Labute approximate surface area is 153 Å². The van der Waals surface area contributed by atoms with Crippen LogP contribution >= 0.6 is 0 Å². The fourth-order valence-electron chi connectivity index (χ4n) is 5.28. The molecule has 0 amide bonds. The molecule has 3 aliphatic rings. The number of aliphatic hydroxyl groups excluding tert-OH is 2. The summed E-state index contributed by atoms with van der Waals surface area (Å²) in [5.41, 5.74) is -0.171. The van der Waals surface area contributed by atoms with E-state index in [1.807, 2.05) is 13.8 Å². The van der Waals surface area contributed by atoms with Gasteiger partial charge in [-0.25, -0.2) is 9.59 Å². The molecular weight excluding hydrogens is 336 g/mol. The Hall–Kier alpha value is -1.66. The Morgan fingerprint density at radius 2 is 2.04 bits per heavy atom. The Bertz CT molecular complexity index is 667. The lowest BCUT2D eigenvalue weighted by atomic mass is 9.67. The summed E-state index contributed by atoms with van der Waals surface area (Å²) in [7, 11) is 0. The van der Waals surface area contributed by atoms with E-state index < -0.39 is 47.7 Å². The van der Waals surface area contributed by atoms with Gasteiger partial charge in [0.25, 0.3) is 0 Å². The van der Waals surface area contributed by atoms with Crippen LogP contribution in [0.5, 0.6) is 0 Å².